The van der Waals surface area contributed by atoms with Crippen molar-refractivity contribution in [3.05, 3.63) is 65.8 Å². The quantitative estimate of drug-likeness (QED) is 0.196. The van der Waals surface area contributed by atoms with Crippen LogP contribution < -0.4 is 10.6 Å². The summed E-state index contributed by atoms with van der Waals surface area (Å²) in [5.41, 5.74) is 4.55. The van der Waals surface area contributed by atoms with Crippen LogP contribution in [0.5, 0.6) is 0 Å². The molecule has 212 valence electrons. The van der Waals surface area contributed by atoms with Crippen LogP contribution >= 0.6 is 0 Å². The summed E-state index contributed by atoms with van der Waals surface area (Å²) < 4.78 is 7.55. The number of aryl methyl sites for hydroxylation is 2. The van der Waals surface area contributed by atoms with E-state index in [1.807, 2.05) is 44.6 Å². The number of carbonyl (C=O) groups excluding carboxylic acids is 1. The number of amides is 1. The van der Waals surface area contributed by atoms with Gasteiger partial charge >= 0.3 is 11.8 Å². The van der Waals surface area contributed by atoms with Crippen molar-refractivity contribution in [3.8, 4) is 11.3 Å². The largest absolute Gasteiger partial charge is 0.416 e. The highest BCUT2D eigenvalue weighted by molar-refractivity contribution is 5.89. The van der Waals surface area contributed by atoms with E-state index in [0.717, 1.165) is 66.7 Å². The molecule has 4 rings (SSSR count). The Morgan fingerprint density at radius 2 is 1.93 bits per heavy atom. The van der Waals surface area contributed by atoms with Gasteiger partial charge in [0, 0.05) is 29.9 Å². The lowest BCUT2D eigenvalue weighted by Crippen LogP contribution is -2.29. The molecular weight excluding hydrogens is 504 g/mol. The standard InChI is InChI=1S/C30H40N8O2/c1-7-10-11-12-25(34-26(39)27-36-37-28(40-27)30(4,5)6)23-14-13-21(17-20(23)8-2)24-15-16-31-29(35-24)33-22-18-32-38(9-3)19-22/h13-19,25H,7-12H2,1-6H3,(H,34,39)(H,31,33,35). The van der Waals surface area contributed by atoms with Crippen molar-refractivity contribution in [1.82, 2.24) is 35.3 Å². The maximum absolute atomic E-state index is 13.2. The van der Waals surface area contributed by atoms with Crippen molar-refractivity contribution in [1.29, 1.82) is 0 Å². The number of hydrogen-bond acceptors (Lipinski definition) is 8. The molecule has 40 heavy (non-hydrogen) atoms. The number of hydrogen-bond donors (Lipinski definition) is 2. The van der Waals surface area contributed by atoms with Gasteiger partial charge in [-0.1, -0.05) is 66.0 Å². The van der Waals surface area contributed by atoms with E-state index in [-0.39, 0.29) is 23.3 Å². The van der Waals surface area contributed by atoms with E-state index in [2.05, 4.69) is 63.0 Å². The van der Waals surface area contributed by atoms with Crippen molar-refractivity contribution in [3.63, 3.8) is 0 Å². The van der Waals surface area contributed by atoms with E-state index in [9.17, 15) is 4.79 Å². The molecule has 1 amide bonds. The van der Waals surface area contributed by atoms with Crippen molar-refractivity contribution < 1.29 is 9.21 Å². The Hall–Kier alpha value is -4.08. The number of unbranched alkanes of at least 4 members (excludes halogenated alkanes) is 2. The summed E-state index contributed by atoms with van der Waals surface area (Å²) in [6.07, 6.45) is 10.2. The fourth-order valence-corrected chi connectivity index (χ4v) is 4.46. The minimum atomic E-state index is -0.353. The molecule has 2 N–H and O–H groups in total. The molecule has 3 heterocycles. The zero-order valence-electron chi connectivity index (χ0n) is 24.4. The van der Waals surface area contributed by atoms with E-state index in [4.69, 9.17) is 9.40 Å². The molecule has 0 aliphatic heterocycles. The fourth-order valence-electron chi connectivity index (χ4n) is 4.46. The maximum Gasteiger partial charge on any atom is 0.309 e. The Bertz CT molecular complexity index is 1420. The summed E-state index contributed by atoms with van der Waals surface area (Å²) in [6.45, 7) is 13.1. The third kappa shape index (κ3) is 7.11. The van der Waals surface area contributed by atoms with E-state index >= 15 is 0 Å². The zero-order chi connectivity index (χ0) is 28.7. The van der Waals surface area contributed by atoms with Crippen LogP contribution in [-0.2, 0) is 18.4 Å². The topological polar surface area (TPSA) is 124 Å². The Balaban J connectivity index is 1.58. The smallest absolute Gasteiger partial charge is 0.309 e. The Labute approximate surface area is 236 Å². The van der Waals surface area contributed by atoms with Gasteiger partial charge in [-0.2, -0.15) is 5.10 Å². The van der Waals surface area contributed by atoms with Crippen LogP contribution in [0.1, 0.15) is 101 Å². The second kappa shape index (κ2) is 12.8. The first-order chi connectivity index (χ1) is 19.2. The third-order valence-corrected chi connectivity index (χ3v) is 6.73. The number of aromatic nitrogens is 6. The van der Waals surface area contributed by atoms with Gasteiger partial charge in [0.25, 0.3) is 0 Å². The first-order valence-corrected chi connectivity index (χ1v) is 14.1. The molecule has 0 aliphatic carbocycles. The van der Waals surface area contributed by atoms with Gasteiger partial charge in [-0.25, -0.2) is 9.97 Å². The van der Waals surface area contributed by atoms with Crippen molar-refractivity contribution in [2.24, 2.45) is 0 Å². The van der Waals surface area contributed by atoms with Crippen molar-refractivity contribution >= 4 is 17.5 Å². The summed E-state index contributed by atoms with van der Waals surface area (Å²) in [5.74, 6) is 0.588. The fraction of sp³-hybridized carbons (Fsp3) is 0.467. The molecule has 0 saturated heterocycles. The van der Waals surface area contributed by atoms with E-state index in [1.165, 1.54) is 0 Å². The normalized spacial score (nSPS) is 12.3. The molecule has 1 aromatic carbocycles. The number of rotatable bonds is 12. The molecule has 3 aromatic heterocycles. The summed E-state index contributed by atoms with van der Waals surface area (Å²) in [4.78, 5) is 22.3. The number of benzene rings is 1. The first-order valence-electron chi connectivity index (χ1n) is 14.1. The van der Waals surface area contributed by atoms with Gasteiger partial charge in [0.15, 0.2) is 0 Å². The lowest BCUT2D eigenvalue weighted by molar-refractivity contribution is 0.0895. The van der Waals surface area contributed by atoms with Gasteiger partial charge < -0.3 is 15.1 Å². The second-order valence-corrected chi connectivity index (χ2v) is 10.9. The minimum Gasteiger partial charge on any atom is -0.416 e. The maximum atomic E-state index is 13.2. The monoisotopic (exact) mass is 544 g/mol. The highest BCUT2D eigenvalue weighted by Gasteiger charge is 2.26. The van der Waals surface area contributed by atoms with Crippen LogP contribution in [0.25, 0.3) is 11.3 Å². The summed E-state index contributed by atoms with van der Waals surface area (Å²) in [5, 5.41) is 18.8. The van der Waals surface area contributed by atoms with E-state index in [1.54, 1.807) is 12.4 Å². The van der Waals surface area contributed by atoms with Crippen LogP contribution in [0.15, 0.2) is 47.3 Å². The van der Waals surface area contributed by atoms with Crippen LogP contribution in [-0.4, -0.2) is 35.9 Å². The van der Waals surface area contributed by atoms with Gasteiger partial charge in [-0.3, -0.25) is 9.48 Å². The molecule has 0 spiro atoms. The van der Waals surface area contributed by atoms with Crippen molar-refractivity contribution in [2.45, 2.75) is 91.6 Å². The molecule has 0 radical (unpaired) electrons. The molecule has 0 bridgehead atoms. The Kier molecular flexibility index (Phi) is 9.29. The van der Waals surface area contributed by atoms with Crippen LogP contribution in [0.3, 0.4) is 0 Å². The Morgan fingerprint density at radius 1 is 1.10 bits per heavy atom. The number of nitrogens with one attached hydrogen (secondary N) is 2. The van der Waals surface area contributed by atoms with Crippen LogP contribution in [0, 0.1) is 0 Å². The molecule has 0 fully saturated rings. The molecular formula is C30H40N8O2. The molecule has 4 aromatic rings. The second-order valence-electron chi connectivity index (χ2n) is 10.9. The number of nitrogens with zero attached hydrogens (tertiary/aromatic N) is 6. The van der Waals surface area contributed by atoms with Gasteiger partial charge in [0.05, 0.1) is 23.6 Å². The number of anilines is 2. The molecule has 10 heteroatoms. The summed E-state index contributed by atoms with van der Waals surface area (Å²) >= 11 is 0. The van der Waals surface area contributed by atoms with E-state index < -0.39 is 0 Å². The average Bonchev–Trinajstić information content (AvgIpc) is 3.63. The highest BCUT2D eigenvalue weighted by Crippen LogP contribution is 2.29. The van der Waals surface area contributed by atoms with Gasteiger partial charge in [0.2, 0.25) is 11.8 Å². The molecule has 0 aliphatic rings. The lowest BCUT2D eigenvalue weighted by Gasteiger charge is -2.22. The zero-order valence-corrected chi connectivity index (χ0v) is 24.4. The van der Waals surface area contributed by atoms with Crippen molar-refractivity contribution in [2.75, 3.05) is 5.32 Å². The minimum absolute atomic E-state index is 0.00872. The predicted molar refractivity (Wildman–Crippen MR) is 155 cm³/mol. The predicted octanol–water partition coefficient (Wildman–Crippen LogP) is 6.40. The average molecular weight is 545 g/mol. The molecule has 10 nitrogen and oxygen atoms in total. The van der Waals surface area contributed by atoms with E-state index in [0.29, 0.717) is 11.8 Å². The third-order valence-electron chi connectivity index (χ3n) is 6.73. The highest BCUT2D eigenvalue weighted by atomic mass is 16.4. The molecule has 1 atom stereocenters. The van der Waals surface area contributed by atoms with Crippen LogP contribution in [0.2, 0.25) is 0 Å². The summed E-state index contributed by atoms with van der Waals surface area (Å²) in [6, 6.07) is 8.03. The summed E-state index contributed by atoms with van der Waals surface area (Å²) in [7, 11) is 0. The number of carbonyl (C=O) groups is 1. The van der Waals surface area contributed by atoms with Gasteiger partial charge in [-0.15, -0.1) is 10.2 Å². The first kappa shape index (κ1) is 28.9. The molecule has 1 unspecified atom stereocenters. The lowest BCUT2D eigenvalue weighted by atomic mass is 9.92. The van der Waals surface area contributed by atoms with Gasteiger partial charge in [-0.05, 0) is 43.0 Å². The molecule has 0 saturated carbocycles. The van der Waals surface area contributed by atoms with Crippen LogP contribution in [0.4, 0.5) is 11.6 Å². The van der Waals surface area contributed by atoms with Gasteiger partial charge in [0.1, 0.15) is 0 Å². The Morgan fingerprint density at radius 3 is 2.60 bits per heavy atom. The SMILES string of the molecule is CCCCCC(NC(=O)c1nnc(C(C)(C)C)o1)c1ccc(-c2ccnc(Nc3cnn(CC)c3)n2)cc1CC.